The summed E-state index contributed by atoms with van der Waals surface area (Å²) in [4.78, 5) is 22.5. The molecule has 0 aromatic heterocycles. The summed E-state index contributed by atoms with van der Waals surface area (Å²) in [6.07, 6.45) is 0. The van der Waals surface area contributed by atoms with Crippen molar-refractivity contribution in [1.29, 1.82) is 0 Å². The van der Waals surface area contributed by atoms with Crippen LogP contribution in [-0.2, 0) is 19.1 Å². The molecule has 80 valence electrons. The van der Waals surface area contributed by atoms with Gasteiger partial charge in [-0.05, 0) is 0 Å². The molecule has 0 aromatic rings. The lowest BCUT2D eigenvalue weighted by atomic mass is 10.1. The molecule has 0 aromatic carbocycles. The maximum absolute atomic E-state index is 11.3. The van der Waals surface area contributed by atoms with Crippen molar-refractivity contribution in [2.45, 2.75) is 12.1 Å². The van der Waals surface area contributed by atoms with Crippen LogP contribution in [0, 0.1) is 0 Å². The summed E-state index contributed by atoms with van der Waals surface area (Å²) in [5.74, 6) is -0.930. The second-order valence-corrected chi connectivity index (χ2v) is 2.91. The molecule has 0 bridgehead atoms. The van der Waals surface area contributed by atoms with Crippen LogP contribution in [0.3, 0.4) is 0 Å². The minimum absolute atomic E-state index is 0.465. The fraction of sp³-hybridized carbons (Fsp3) is 0.750. The van der Waals surface area contributed by atoms with Gasteiger partial charge in [-0.15, -0.1) is 0 Å². The highest BCUT2D eigenvalue weighted by Crippen LogP contribution is 2.02. The number of carbonyl (C=O) groups is 2. The molecule has 1 heterocycles. The van der Waals surface area contributed by atoms with E-state index in [0.717, 1.165) is 0 Å². The SMILES string of the molecule is COC(=O)[C@H]1NCCN[C@H]1C(=O)OC. The molecule has 2 N–H and O–H groups in total. The number of nitrogens with one attached hydrogen (secondary N) is 2. The molecular weight excluding hydrogens is 188 g/mol. The number of rotatable bonds is 2. The van der Waals surface area contributed by atoms with Crippen LogP contribution >= 0.6 is 0 Å². The molecule has 0 amide bonds. The van der Waals surface area contributed by atoms with Crippen LogP contribution in [0.15, 0.2) is 0 Å². The Morgan fingerprint density at radius 2 is 1.36 bits per heavy atom. The van der Waals surface area contributed by atoms with Crippen molar-refractivity contribution in [3.63, 3.8) is 0 Å². The molecule has 14 heavy (non-hydrogen) atoms. The number of hydrogen-bond acceptors (Lipinski definition) is 6. The summed E-state index contributed by atoms with van der Waals surface area (Å²) >= 11 is 0. The average Bonchev–Trinajstić information content (AvgIpc) is 2.27. The predicted octanol–water partition coefficient (Wildman–Crippen LogP) is -1.74. The molecule has 1 fully saturated rings. The van der Waals surface area contributed by atoms with Gasteiger partial charge in [-0.25, -0.2) is 0 Å². The van der Waals surface area contributed by atoms with Gasteiger partial charge in [0.15, 0.2) is 0 Å². The Hall–Kier alpha value is -1.14. The minimum atomic E-state index is -0.666. The first kappa shape index (κ1) is 10.9. The number of methoxy groups -OCH3 is 2. The van der Waals surface area contributed by atoms with Crippen LogP contribution in [0.5, 0.6) is 0 Å². The first-order valence-corrected chi connectivity index (χ1v) is 4.33. The Labute approximate surface area is 81.9 Å². The quantitative estimate of drug-likeness (QED) is 0.518. The van der Waals surface area contributed by atoms with E-state index in [-0.39, 0.29) is 0 Å². The molecule has 0 saturated carbocycles. The molecular formula is C8H14N2O4. The first-order valence-electron chi connectivity index (χ1n) is 4.33. The molecule has 6 heteroatoms. The molecule has 0 aliphatic carbocycles. The van der Waals surface area contributed by atoms with Gasteiger partial charge in [0.05, 0.1) is 14.2 Å². The molecule has 1 aliphatic rings. The summed E-state index contributed by atoms with van der Waals surface area (Å²) in [6, 6.07) is -1.33. The van der Waals surface area contributed by atoms with Crippen molar-refractivity contribution >= 4 is 11.9 Å². The van der Waals surface area contributed by atoms with Crippen molar-refractivity contribution in [3.8, 4) is 0 Å². The molecule has 0 radical (unpaired) electrons. The summed E-state index contributed by atoms with van der Waals surface area (Å²) in [6.45, 7) is 1.24. The van der Waals surface area contributed by atoms with E-state index in [4.69, 9.17) is 0 Å². The standard InChI is InChI=1S/C8H14N2O4/c1-13-7(11)5-6(8(12)14-2)10-4-3-9-5/h5-6,9-10H,3-4H2,1-2H3/t5-,6+. The largest absolute Gasteiger partial charge is 0.468 e. The fourth-order valence-electron chi connectivity index (χ4n) is 1.38. The van der Waals surface area contributed by atoms with E-state index in [2.05, 4.69) is 20.1 Å². The number of hydrogen-bond donors (Lipinski definition) is 2. The molecule has 1 saturated heterocycles. The van der Waals surface area contributed by atoms with Gasteiger partial charge < -0.3 is 20.1 Å². The van der Waals surface area contributed by atoms with E-state index in [1.54, 1.807) is 0 Å². The van der Waals surface area contributed by atoms with Crippen molar-refractivity contribution in [2.75, 3.05) is 27.3 Å². The summed E-state index contributed by atoms with van der Waals surface area (Å²) in [5, 5.41) is 5.79. The van der Waals surface area contributed by atoms with E-state index in [1.165, 1.54) is 14.2 Å². The second-order valence-electron chi connectivity index (χ2n) is 2.91. The van der Waals surface area contributed by atoms with Crippen LogP contribution in [0.4, 0.5) is 0 Å². The van der Waals surface area contributed by atoms with Gasteiger partial charge in [0.1, 0.15) is 12.1 Å². The number of piperazine rings is 1. The van der Waals surface area contributed by atoms with Crippen molar-refractivity contribution in [2.24, 2.45) is 0 Å². The van der Waals surface area contributed by atoms with Crippen LogP contribution in [0.2, 0.25) is 0 Å². The Bertz CT molecular complexity index is 207. The predicted molar refractivity (Wildman–Crippen MR) is 47.6 cm³/mol. The lowest BCUT2D eigenvalue weighted by Gasteiger charge is -2.29. The lowest BCUT2D eigenvalue weighted by molar-refractivity contribution is -0.153. The van der Waals surface area contributed by atoms with Crippen LogP contribution < -0.4 is 10.6 Å². The van der Waals surface area contributed by atoms with Crippen LogP contribution in [0.1, 0.15) is 0 Å². The average molecular weight is 202 g/mol. The zero-order valence-corrected chi connectivity index (χ0v) is 8.20. The highest BCUT2D eigenvalue weighted by atomic mass is 16.5. The first-order chi connectivity index (χ1) is 6.70. The Kier molecular flexibility index (Phi) is 3.84. The van der Waals surface area contributed by atoms with Crippen molar-refractivity contribution < 1.29 is 19.1 Å². The Balaban J connectivity index is 2.68. The number of carbonyl (C=O) groups excluding carboxylic acids is 2. The Morgan fingerprint density at radius 1 is 1.00 bits per heavy atom. The third-order valence-corrected chi connectivity index (χ3v) is 2.10. The topological polar surface area (TPSA) is 76.7 Å². The van der Waals surface area contributed by atoms with E-state index >= 15 is 0 Å². The van der Waals surface area contributed by atoms with Gasteiger partial charge >= 0.3 is 11.9 Å². The summed E-state index contributed by atoms with van der Waals surface area (Å²) in [5.41, 5.74) is 0. The highest BCUT2D eigenvalue weighted by molar-refractivity contribution is 5.87. The van der Waals surface area contributed by atoms with E-state index in [0.29, 0.717) is 13.1 Å². The van der Waals surface area contributed by atoms with E-state index < -0.39 is 24.0 Å². The molecule has 1 aliphatic heterocycles. The van der Waals surface area contributed by atoms with Crippen LogP contribution in [0.25, 0.3) is 0 Å². The molecule has 1 rings (SSSR count). The maximum atomic E-state index is 11.3. The third-order valence-electron chi connectivity index (χ3n) is 2.10. The molecule has 0 unspecified atom stereocenters. The minimum Gasteiger partial charge on any atom is -0.468 e. The van der Waals surface area contributed by atoms with Gasteiger partial charge in [0.2, 0.25) is 0 Å². The smallest absolute Gasteiger partial charge is 0.325 e. The number of ether oxygens (including phenoxy) is 2. The summed E-state index contributed by atoms with van der Waals surface area (Å²) in [7, 11) is 2.57. The van der Waals surface area contributed by atoms with Crippen molar-refractivity contribution in [3.05, 3.63) is 0 Å². The lowest BCUT2D eigenvalue weighted by Crippen LogP contribution is -2.62. The second kappa shape index (κ2) is 4.92. The van der Waals surface area contributed by atoms with Crippen LogP contribution in [-0.4, -0.2) is 51.3 Å². The monoisotopic (exact) mass is 202 g/mol. The molecule has 6 nitrogen and oxygen atoms in total. The normalized spacial score (nSPS) is 26.7. The maximum Gasteiger partial charge on any atom is 0.325 e. The van der Waals surface area contributed by atoms with Gasteiger partial charge in [-0.1, -0.05) is 0 Å². The zero-order valence-electron chi connectivity index (χ0n) is 8.20. The van der Waals surface area contributed by atoms with E-state index in [1.807, 2.05) is 0 Å². The fourth-order valence-corrected chi connectivity index (χ4v) is 1.38. The van der Waals surface area contributed by atoms with Crippen molar-refractivity contribution in [1.82, 2.24) is 10.6 Å². The zero-order chi connectivity index (χ0) is 10.6. The van der Waals surface area contributed by atoms with Gasteiger partial charge in [0, 0.05) is 13.1 Å². The van der Waals surface area contributed by atoms with Gasteiger partial charge in [-0.2, -0.15) is 0 Å². The van der Waals surface area contributed by atoms with Gasteiger partial charge in [-0.3, -0.25) is 9.59 Å². The van der Waals surface area contributed by atoms with E-state index in [9.17, 15) is 9.59 Å². The molecule has 0 spiro atoms. The highest BCUT2D eigenvalue weighted by Gasteiger charge is 2.36. The third kappa shape index (κ3) is 2.21. The Morgan fingerprint density at radius 3 is 1.64 bits per heavy atom. The summed E-state index contributed by atoms with van der Waals surface area (Å²) < 4.78 is 9.13. The molecule has 2 atom stereocenters. The van der Waals surface area contributed by atoms with Gasteiger partial charge in [0.25, 0.3) is 0 Å². The number of esters is 2.